The minimum Gasteiger partial charge on any atom is -0.501 e. The third kappa shape index (κ3) is 3.94. The van der Waals surface area contributed by atoms with Gasteiger partial charge in [-0.2, -0.15) is 4.98 Å². The second-order valence-corrected chi connectivity index (χ2v) is 9.41. The molecule has 0 bridgehead atoms. The zero-order valence-corrected chi connectivity index (χ0v) is 19.5. The zero-order chi connectivity index (χ0) is 23.0. The lowest BCUT2D eigenvalue weighted by Crippen LogP contribution is -2.47. The summed E-state index contributed by atoms with van der Waals surface area (Å²) in [5.41, 5.74) is 2.77. The molecule has 32 heavy (non-hydrogen) atoms. The van der Waals surface area contributed by atoms with E-state index in [4.69, 9.17) is 4.74 Å². The number of likely N-dealkylation sites (N-methyl/N-ethyl adjacent to an activating group) is 1. The molecule has 7 heteroatoms. The van der Waals surface area contributed by atoms with Gasteiger partial charge in [0.1, 0.15) is 5.82 Å². The van der Waals surface area contributed by atoms with Crippen LogP contribution in [0.15, 0.2) is 23.0 Å². The molecule has 0 unspecified atom stereocenters. The molecule has 1 fully saturated rings. The van der Waals surface area contributed by atoms with Gasteiger partial charge in [-0.3, -0.25) is 9.59 Å². The molecule has 172 valence electrons. The first-order valence-electron chi connectivity index (χ1n) is 11.5. The lowest BCUT2D eigenvalue weighted by Gasteiger charge is -2.36. The van der Waals surface area contributed by atoms with Crippen molar-refractivity contribution >= 4 is 5.91 Å². The summed E-state index contributed by atoms with van der Waals surface area (Å²) in [4.78, 5) is 31.3. The molecule has 1 aliphatic heterocycles. The van der Waals surface area contributed by atoms with Gasteiger partial charge in [0.05, 0.1) is 6.61 Å². The van der Waals surface area contributed by atoms with Crippen molar-refractivity contribution in [2.45, 2.75) is 77.5 Å². The van der Waals surface area contributed by atoms with Crippen molar-refractivity contribution in [1.29, 1.82) is 0 Å². The predicted octanol–water partition coefficient (Wildman–Crippen LogP) is 3.32. The first kappa shape index (κ1) is 22.5. The number of fused-ring (bicyclic) bond motifs is 1. The van der Waals surface area contributed by atoms with Crippen LogP contribution in [-0.4, -0.2) is 45.2 Å². The average molecular weight is 440 g/mol. The van der Waals surface area contributed by atoms with E-state index in [9.17, 15) is 14.7 Å². The van der Waals surface area contributed by atoms with Gasteiger partial charge in [0.2, 0.25) is 5.75 Å². The van der Waals surface area contributed by atoms with E-state index in [0.717, 1.165) is 31.2 Å². The van der Waals surface area contributed by atoms with Gasteiger partial charge in [-0.25, -0.2) is 0 Å². The Labute approximate surface area is 189 Å². The van der Waals surface area contributed by atoms with Crippen molar-refractivity contribution in [3.63, 3.8) is 0 Å². The third-order valence-electron chi connectivity index (χ3n) is 7.15. The molecule has 0 spiro atoms. The standard InChI is InChI=1S/C25H33N3O4/c1-5-32-15-18-10-16(2)11-19(12-18)25(8-6-7-9-25)13-20-26-23(30)22(29)21-24(31)27(4)17(3)14-28(20)21/h10-12,17,29H,5-9,13-15H2,1-4H3/t17-/m0/s1. The van der Waals surface area contributed by atoms with Crippen molar-refractivity contribution < 1.29 is 14.6 Å². The van der Waals surface area contributed by atoms with E-state index in [1.165, 1.54) is 11.1 Å². The number of aromatic nitrogens is 2. The van der Waals surface area contributed by atoms with Crippen LogP contribution < -0.4 is 5.56 Å². The SMILES string of the molecule is CCOCc1cc(C)cc(C2(Cc3nc(=O)c(O)c4n3C[C@H](C)N(C)C4=O)CCCC2)c1. The molecule has 1 aliphatic carbocycles. The van der Waals surface area contributed by atoms with Gasteiger partial charge in [-0.1, -0.05) is 36.6 Å². The molecule has 2 heterocycles. The van der Waals surface area contributed by atoms with Crippen LogP contribution in [0.1, 0.15) is 72.5 Å². The number of carbonyl (C=O) groups excluding carboxylic acids is 1. The lowest BCUT2D eigenvalue weighted by atomic mass is 9.75. The molecule has 0 radical (unpaired) electrons. The van der Waals surface area contributed by atoms with E-state index in [0.29, 0.717) is 32.0 Å². The normalized spacial score (nSPS) is 19.9. The number of ether oxygens (including phenoxy) is 1. The highest BCUT2D eigenvalue weighted by atomic mass is 16.5. The molecular formula is C25H33N3O4. The third-order valence-corrected chi connectivity index (χ3v) is 7.15. The molecule has 2 aliphatic rings. The topological polar surface area (TPSA) is 84.7 Å². The molecule has 1 atom stereocenters. The molecule has 1 amide bonds. The van der Waals surface area contributed by atoms with E-state index >= 15 is 0 Å². The summed E-state index contributed by atoms with van der Waals surface area (Å²) < 4.78 is 7.43. The van der Waals surface area contributed by atoms with E-state index < -0.39 is 11.3 Å². The van der Waals surface area contributed by atoms with E-state index in [2.05, 4.69) is 30.1 Å². The van der Waals surface area contributed by atoms with E-state index in [-0.39, 0.29) is 23.1 Å². The summed E-state index contributed by atoms with van der Waals surface area (Å²) in [6.45, 7) is 7.81. The van der Waals surface area contributed by atoms with Gasteiger partial charge in [-0.05, 0) is 44.7 Å². The highest BCUT2D eigenvalue weighted by molar-refractivity contribution is 5.95. The number of aryl methyl sites for hydroxylation is 1. The number of aromatic hydroxyl groups is 1. The second-order valence-electron chi connectivity index (χ2n) is 9.41. The van der Waals surface area contributed by atoms with Gasteiger partial charge in [0, 0.05) is 38.1 Å². The molecule has 1 aromatic carbocycles. The van der Waals surface area contributed by atoms with Gasteiger partial charge in [-0.15, -0.1) is 0 Å². The van der Waals surface area contributed by atoms with Crippen molar-refractivity contribution in [3.05, 3.63) is 56.8 Å². The number of rotatable bonds is 6. The number of hydrogen-bond acceptors (Lipinski definition) is 5. The van der Waals surface area contributed by atoms with Crippen LogP contribution in [0.3, 0.4) is 0 Å². The maximum atomic E-state index is 12.9. The molecule has 4 rings (SSSR count). The van der Waals surface area contributed by atoms with Crippen LogP contribution in [-0.2, 0) is 29.7 Å². The Morgan fingerprint density at radius 1 is 1.22 bits per heavy atom. The molecule has 1 aromatic heterocycles. The summed E-state index contributed by atoms with van der Waals surface area (Å²) in [5, 5.41) is 10.4. The summed E-state index contributed by atoms with van der Waals surface area (Å²) in [7, 11) is 1.70. The Bertz CT molecular complexity index is 1090. The fourth-order valence-corrected chi connectivity index (χ4v) is 5.28. The largest absolute Gasteiger partial charge is 0.501 e. The molecular weight excluding hydrogens is 406 g/mol. The van der Waals surface area contributed by atoms with Gasteiger partial charge < -0.3 is 19.3 Å². The van der Waals surface area contributed by atoms with Crippen LogP contribution in [0.25, 0.3) is 0 Å². The van der Waals surface area contributed by atoms with Crippen LogP contribution in [0.5, 0.6) is 5.75 Å². The highest BCUT2D eigenvalue weighted by Crippen LogP contribution is 2.44. The number of carbonyl (C=O) groups is 1. The van der Waals surface area contributed by atoms with E-state index in [1.807, 2.05) is 13.8 Å². The summed E-state index contributed by atoms with van der Waals surface area (Å²) in [6, 6.07) is 6.57. The van der Waals surface area contributed by atoms with Gasteiger partial charge >= 0.3 is 5.56 Å². The maximum absolute atomic E-state index is 12.9. The van der Waals surface area contributed by atoms with Crippen molar-refractivity contribution in [2.24, 2.45) is 0 Å². The highest BCUT2D eigenvalue weighted by Gasteiger charge is 2.40. The van der Waals surface area contributed by atoms with Crippen molar-refractivity contribution in [2.75, 3.05) is 13.7 Å². The quantitative estimate of drug-likeness (QED) is 0.746. The predicted molar refractivity (Wildman–Crippen MR) is 122 cm³/mol. The summed E-state index contributed by atoms with van der Waals surface area (Å²) >= 11 is 0. The first-order chi connectivity index (χ1) is 15.3. The smallest absolute Gasteiger partial charge is 0.315 e. The number of benzene rings is 1. The molecule has 1 saturated carbocycles. The minimum absolute atomic E-state index is 0.0475. The molecule has 1 N–H and O–H groups in total. The molecule has 0 saturated heterocycles. The second kappa shape index (κ2) is 8.70. The monoisotopic (exact) mass is 439 g/mol. The van der Waals surface area contributed by atoms with Crippen LogP contribution >= 0.6 is 0 Å². The van der Waals surface area contributed by atoms with E-state index in [1.54, 1.807) is 16.5 Å². The van der Waals surface area contributed by atoms with Crippen LogP contribution in [0.2, 0.25) is 0 Å². The number of hydrogen-bond donors (Lipinski definition) is 1. The first-order valence-corrected chi connectivity index (χ1v) is 11.5. The lowest BCUT2D eigenvalue weighted by molar-refractivity contribution is 0.0660. The zero-order valence-electron chi connectivity index (χ0n) is 19.5. The Balaban J connectivity index is 1.80. The number of nitrogens with zero attached hydrogens (tertiary/aromatic N) is 3. The van der Waals surface area contributed by atoms with Crippen molar-refractivity contribution in [3.8, 4) is 5.75 Å². The molecule has 2 aromatic rings. The minimum atomic E-state index is -0.725. The van der Waals surface area contributed by atoms with Gasteiger partial charge in [0.25, 0.3) is 5.91 Å². The Kier molecular flexibility index (Phi) is 6.12. The Morgan fingerprint density at radius 2 is 1.94 bits per heavy atom. The van der Waals surface area contributed by atoms with Crippen LogP contribution in [0, 0.1) is 6.92 Å². The van der Waals surface area contributed by atoms with Crippen LogP contribution in [0.4, 0.5) is 0 Å². The van der Waals surface area contributed by atoms with Gasteiger partial charge in [0.15, 0.2) is 5.69 Å². The maximum Gasteiger partial charge on any atom is 0.315 e. The Hall–Kier alpha value is -2.67. The molecule has 7 nitrogen and oxygen atoms in total. The average Bonchev–Trinajstić information content (AvgIpc) is 3.23. The fraction of sp³-hybridized carbons (Fsp3) is 0.560. The Morgan fingerprint density at radius 3 is 2.62 bits per heavy atom. The summed E-state index contributed by atoms with van der Waals surface area (Å²) in [5.74, 6) is -0.296. The summed E-state index contributed by atoms with van der Waals surface area (Å²) in [6.07, 6.45) is 4.79. The van der Waals surface area contributed by atoms with Crippen molar-refractivity contribution in [1.82, 2.24) is 14.5 Å². The fourth-order valence-electron chi connectivity index (χ4n) is 5.28. The number of amides is 1.